The molecule has 1 atom stereocenters. The van der Waals surface area contributed by atoms with Crippen molar-refractivity contribution in [3.8, 4) is 0 Å². The maximum Gasteiger partial charge on any atom is 0.238 e. The smallest absolute Gasteiger partial charge is 0.238 e. The van der Waals surface area contributed by atoms with Crippen LogP contribution in [0.15, 0.2) is 71.5 Å². The van der Waals surface area contributed by atoms with Crippen molar-refractivity contribution in [2.45, 2.75) is 19.4 Å². The molecule has 0 saturated carbocycles. The number of carbonyl (C=O) groups is 1. The minimum Gasteiger partial charge on any atom is -0.383 e. The third-order valence-electron chi connectivity index (χ3n) is 6.22. The number of aryl methyl sites for hydroxylation is 1. The highest BCUT2D eigenvalue weighted by Crippen LogP contribution is 2.39. The maximum absolute atomic E-state index is 13.7. The van der Waals surface area contributed by atoms with Crippen molar-refractivity contribution >= 4 is 33.3 Å². The monoisotopic (exact) mass is 510 g/mol. The Balaban J connectivity index is 1.61. The van der Waals surface area contributed by atoms with E-state index in [9.17, 15) is 13.2 Å². The van der Waals surface area contributed by atoms with Crippen LogP contribution in [0.3, 0.4) is 0 Å². The number of thiophene rings is 1. The van der Waals surface area contributed by atoms with E-state index in [0.29, 0.717) is 6.54 Å². The van der Waals surface area contributed by atoms with Crippen molar-refractivity contribution in [3.63, 3.8) is 0 Å². The van der Waals surface area contributed by atoms with E-state index in [1.54, 1.807) is 17.4 Å². The maximum atomic E-state index is 13.7. The summed E-state index contributed by atoms with van der Waals surface area (Å²) in [4.78, 5) is 16.8. The second kappa shape index (κ2) is 11.3. The highest BCUT2D eigenvalue weighted by molar-refractivity contribution is 7.92. The van der Waals surface area contributed by atoms with Gasteiger partial charge >= 0.3 is 0 Å². The minimum absolute atomic E-state index is 0.0935. The number of fused-ring (bicyclic) bond motifs is 1. The summed E-state index contributed by atoms with van der Waals surface area (Å²) in [6.45, 7) is 2.64. The van der Waals surface area contributed by atoms with Crippen LogP contribution in [-0.4, -0.2) is 56.9 Å². The Labute approximate surface area is 211 Å². The quantitative estimate of drug-likeness (QED) is 0.426. The fourth-order valence-corrected chi connectivity index (χ4v) is 6.38. The number of benzene rings is 2. The molecule has 1 amide bonds. The van der Waals surface area contributed by atoms with Gasteiger partial charge in [0.2, 0.25) is 15.9 Å². The molecular weight excluding hydrogens is 480 g/mol. The number of methoxy groups -OCH3 is 1. The first kappa shape index (κ1) is 25.3. The SMILES string of the molecule is COCCN(CC(=O)N1CCc2sccc2C1c1ccccc1C)S(=O)(=O)C=Cc1ccccc1. The second-order valence-electron chi connectivity index (χ2n) is 8.48. The molecule has 0 spiro atoms. The van der Waals surface area contributed by atoms with Crippen molar-refractivity contribution < 1.29 is 17.9 Å². The molecule has 6 nitrogen and oxygen atoms in total. The van der Waals surface area contributed by atoms with E-state index < -0.39 is 10.0 Å². The Kier molecular flexibility index (Phi) is 8.18. The molecule has 0 radical (unpaired) electrons. The number of hydrogen-bond acceptors (Lipinski definition) is 5. The van der Waals surface area contributed by atoms with Gasteiger partial charge in [-0.25, -0.2) is 8.42 Å². The minimum atomic E-state index is -3.84. The molecule has 8 heteroatoms. The molecular formula is C27H30N2O4S2. The largest absolute Gasteiger partial charge is 0.383 e. The summed E-state index contributed by atoms with van der Waals surface area (Å²) in [5, 5.41) is 3.23. The van der Waals surface area contributed by atoms with Crippen molar-refractivity contribution in [2.24, 2.45) is 0 Å². The molecule has 184 valence electrons. The van der Waals surface area contributed by atoms with E-state index in [2.05, 4.69) is 17.5 Å². The highest BCUT2D eigenvalue weighted by Gasteiger charge is 2.35. The summed E-state index contributed by atoms with van der Waals surface area (Å²) in [6.07, 6.45) is 2.31. The van der Waals surface area contributed by atoms with Gasteiger partial charge in [0.25, 0.3) is 0 Å². The van der Waals surface area contributed by atoms with Crippen LogP contribution >= 0.6 is 11.3 Å². The lowest BCUT2D eigenvalue weighted by Gasteiger charge is -2.38. The summed E-state index contributed by atoms with van der Waals surface area (Å²) < 4.78 is 32.8. The molecule has 2 heterocycles. The fraction of sp³-hybridized carbons (Fsp3) is 0.296. The lowest BCUT2D eigenvalue weighted by Crippen LogP contribution is -2.47. The van der Waals surface area contributed by atoms with Gasteiger partial charge in [-0.15, -0.1) is 11.3 Å². The zero-order valence-corrected chi connectivity index (χ0v) is 21.6. The number of nitrogens with zero attached hydrogens (tertiary/aromatic N) is 2. The highest BCUT2D eigenvalue weighted by atomic mass is 32.2. The van der Waals surface area contributed by atoms with E-state index in [1.165, 1.54) is 16.3 Å². The van der Waals surface area contributed by atoms with Crippen molar-refractivity contribution in [1.29, 1.82) is 0 Å². The normalized spacial score (nSPS) is 16.1. The summed E-state index contributed by atoms with van der Waals surface area (Å²) in [6, 6.07) is 19.1. The van der Waals surface area contributed by atoms with Gasteiger partial charge in [0.1, 0.15) is 0 Å². The number of hydrogen-bond donors (Lipinski definition) is 0. The fourth-order valence-electron chi connectivity index (χ4n) is 4.36. The summed E-state index contributed by atoms with van der Waals surface area (Å²) in [7, 11) is -2.32. The summed E-state index contributed by atoms with van der Waals surface area (Å²) in [5.74, 6) is -0.220. The Morgan fingerprint density at radius 1 is 1.11 bits per heavy atom. The van der Waals surface area contributed by atoms with Crippen LogP contribution in [0.5, 0.6) is 0 Å². The molecule has 35 heavy (non-hydrogen) atoms. The van der Waals surface area contributed by atoms with Crippen molar-refractivity contribution in [1.82, 2.24) is 9.21 Å². The predicted molar refractivity (Wildman–Crippen MR) is 141 cm³/mol. The number of rotatable bonds is 9. The Morgan fingerprint density at radius 2 is 1.86 bits per heavy atom. The average Bonchev–Trinajstić information content (AvgIpc) is 3.35. The van der Waals surface area contributed by atoms with Crippen LogP contribution < -0.4 is 0 Å². The first-order chi connectivity index (χ1) is 16.9. The number of amides is 1. The standard InChI is InChI=1S/C27H30N2O4S2/c1-21-8-6-7-11-23(21)27-24-13-18-34-25(24)12-15-29(27)26(30)20-28(16-17-33-2)35(31,32)19-14-22-9-4-3-5-10-22/h3-11,13-14,18-19,27H,12,15-17,20H2,1-2H3. The van der Waals surface area contributed by atoms with Gasteiger partial charge in [0, 0.05) is 30.5 Å². The molecule has 4 rings (SSSR count). The molecule has 1 aliphatic heterocycles. The van der Waals surface area contributed by atoms with Gasteiger partial charge in [-0.05, 0) is 53.1 Å². The molecule has 0 N–H and O–H groups in total. The summed E-state index contributed by atoms with van der Waals surface area (Å²) in [5.41, 5.74) is 4.06. The van der Waals surface area contributed by atoms with Crippen LogP contribution in [0.2, 0.25) is 0 Å². The first-order valence-corrected chi connectivity index (χ1v) is 13.9. The molecule has 1 unspecified atom stereocenters. The number of ether oxygens (including phenoxy) is 1. The zero-order chi connectivity index (χ0) is 24.8. The van der Waals surface area contributed by atoms with Gasteiger partial charge in [0.15, 0.2) is 0 Å². The van der Waals surface area contributed by atoms with Crippen LogP contribution in [-0.2, 0) is 26.0 Å². The molecule has 3 aromatic rings. The van der Waals surface area contributed by atoms with Gasteiger partial charge in [-0.1, -0.05) is 54.6 Å². The molecule has 1 aliphatic rings. The van der Waals surface area contributed by atoms with E-state index in [-0.39, 0.29) is 31.6 Å². The van der Waals surface area contributed by atoms with Crippen LogP contribution in [0.25, 0.3) is 6.08 Å². The predicted octanol–water partition coefficient (Wildman–Crippen LogP) is 4.48. The van der Waals surface area contributed by atoms with Crippen LogP contribution in [0, 0.1) is 6.92 Å². The van der Waals surface area contributed by atoms with Gasteiger partial charge in [-0.2, -0.15) is 4.31 Å². The lowest BCUT2D eigenvalue weighted by molar-refractivity contribution is -0.133. The van der Waals surface area contributed by atoms with E-state index in [1.807, 2.05) is 60.4 Å². The third-order valence-corrected chi connectivity index (χ3v) is 8.73. The van der Waals surface area contributed by atoms with Crippen molar-refractivity contribution in [2.75, 3.05) is 33.4 Å². The summed E-state index contributed by atoms with van der Waals surface area (Å²) >= 11 is 1.71. The number of sulfonamides is 1. The second-order valence-corrected chi connectivity index (χ2v) is 11.3. The van der Waals surface area contributed by atoms with Crippen molar-refractivity contribution in [3.05, 3.63) is 98.6 Å². The zero-order valence-electron chi connectivity index (χ0n) is 20.0. The molecule has 0 fully saturated rings. The Morgan fingerprint density at radius 3 is 2.60 bits per heavy atom. The average molecular weight is 511 g/mol. The van der Waals surface area contributed by atoms with Crippen LogP contribution in [0.4, 0.5) is 0 Å². The molecule has 0 aliphatic carbocycles. The molecule has 2 aromatic carbocycles. The molecule has 0 saturated heterocycles. The van der Waals surface area contributed by atoms with Gasteiger partial charge < -0.3 is 9.64 Å². The Hall–Kier alpha value is -2.78. The molecule has 1 aromatic heterocycles. The van der Waals surface area contributed by atoms with E-state index >= 15 is 0 Å². The van der Waals surface area contributed by atoms with E-state index in [4.69, 9.17) is 4.74 Å². The first-order valence-electron chi connectivity index (χ1n) is 11.5. The molecule has 0 bridgehead atoms. The van der Waals surface area contributed by atoms with Gasteiger partial charge in [-0.3, -0.25) is 4.79 Å². The van der Waals surface area contributed by atoms with Gasteiger partial charge in [0.05, 0.1) is 19.2 Å². The topological polar surface area (TPSA) is 66.9 Å². The third kappa shape index (κ3) is 5.90. The van der Waals surface area contributed by atoms with Crippen LogP contribution in [0.1, 0.15) is 33.2 Å². The lowest BCUT2D eigenvalue weighted by atomic mass is 9.90. The Bertz CT molecular complexity index is 1290. The van der Waals surface area contributed by atoms with E-state index in [0.717, 1.165) is 34.1 Å². The number of carbonyl (C=O) groups excluding carboxylic acids is 1.